The number of nitrogens with zero attached hydrogens (tertiary/aromatic N) is 4. The number of phenols is 1. The first-order valence-corrected chi connectivity index (χ1v) is 14.2. The number of rotatable bonds is 6. The predicted octanol–water partition coefficient (Wildman–Crippen LogP) is 9.04. The van der Waals surface area contributed by atoms with Gasteiger partial charge >= 0.3 is 0 Å². The second kappa shape index (κ2) is 12.4. The molecule has 0 unspecified atom stereocenters. The van der Waals surface area contributed by atoms with Crippen molar-refractivity contribution in [3.8, 4) is 51.3 Å². The summed E-state index contributed by atoms with van der Waals surface area (Å²) in [4.78, 5) is 9.73. The van der Waals surface area contributed by atoms with Gasteiger partial charge in [0.05, 0.1) is 22.7 Å². The molecule has 0 spiro atoms. The molecule has 2 aromatic heterocycles. The molecule has 0 saturated carbocycles. The van der Waals surface area contributed by atoms with Crippen molar-refractivity contribution >= 4 is 11.0 Å². The number of nitriles is 1. The summed E-state index contributed by atoms with van der Waals surface area (Å²) in [5, 5.41) is 21.0. The second-order valence-corrected chi connectivity index (χ2v) is 11.1. The topological polar surface area (TPSA) is 74.7 Å². The third kappa shape index (κ3) is 5.64. The molecule has 0 atom stereocenters. The standard InChI is InChI=1S/C37H31N4O.Pt/c1-23(2)28-20-31(24(3)4)36(42)32(21-28)37-40-35-30(14-9-15-34(35)41(37)29-12-6-5-7-13-29)26-10-8-11-27(19-26)33-18-25(22-38)16-17-39-33;/h5-18,20-21,23-24,42H,1-4H3;/q-1;. The van der Waals surface area contributed by atoms with Crippen molar-refractivity contribution < 1.29 is 26.2 Å². The van der Waals surface area contributed by atoms with Crippen LogP contribution >= 0.6 is 0 Å². The fourth-order valence-corrected chi connectivity index (χ4v) is 5.38. The molecule has 6 rings (SSSR count). The average molecular weight is 743 g/mol. The molecule has 216 valence electrons. The van der Waals surface area contributed by atoms with E-state index in [0.717, 1.165) is 44.5 Å². The zero-order valence-electron chi connectivity index (χ0n) is 24.4. The maximum Gasteiger partial charge on any atom is 0.148 e. The molecule has 0 radical (unpaired) electrons. The third-order valence-electron chi connectivity index (χ3n) is 7.64. The smallest absolute Gasteiger partial charge is 0.148 e. The SMILES string of the molecule is CC(C)c1cc(-c2nc3c(-c4[c-]c(-c5cc(C#N)ccn5)ccc4)cccc3n2-c2ccccc2)c(O)c(C(C)C)c1.[Pt]. The molecule has 0 aliphatic carbocycles. The average Bonchev–Trinajstić information content (AvgIpc) is 3.41. The second-order valence-electron chi connectivity index (χ2n) is 11.1. The van der Waals surface area contributed by atoms with E-state index in [4.69, 9.17) is 4.98 Å². The molecule has 2 heterocycles. The molecule has 0 aliphatic rings. The Morgan fingerprint density at radius 1 is 0.814 bits per heavy atom. The Labute approximate surface area is 266 Å². The molecule has 6 heteroatoms. The van der Waals surface area contributed by atoms with Crippen LogP contribution in [0.3, 0.4) is 0 Å². The Balaban J connectivity index is 0.00000368. The summed E-state index contributed by atoms with van der Waals surface area (Å²) in [7, 11) is 0. The van der Waals surface area contributed by atoms with Gasteiger partial charge in [0.2, 0.25) is 0 Å². The number of aromatic nitrogens is 3. The molecule has 0 amide bonds. The first-order valence-electron chi connectivity index (χ1n) is 14.2. The number of pyridine rings is 1. The third-order valence-corrected chi connectivity index (χ3v) is 7.64. The molecule has 0 aliphatic heterocycles. The van der Waals surface area contributed by atoms with E-state index in [1.165, 1.54) is 0 Å². The van der Waals surface area contributed by atoms with Crippen LogP contribution in [-0.2, 0) is 21.1 Å². The summed E-state index contributed by atoms with van der Waals surface area (Å²) in [6, 6.07) is 35.6. The van der Waals surface area contributed by atoms with E-state index < -0.39 is 0 Å². The van der Waals surface area contributed by atoms with E-state index >= 15 is 0 Å². The van der Waals surface area contributed by atoms with Gasteiger partial charge in [0.15, 0.2) is 0 Å². The molecule has 0 fully saturated rings. The van der Waals surface area contributed by atoms with Gasteiger partial charge in [-0.2, -0.15) is 5.26 Å². The molecular weight excluding hydrogens is 712 g/mol. The maximum absolute atomic E-state index is 11.6. The summed E-state index contributed by atoms with van der Waals surface area (Å²) >= 11 is 0. The number of hydrogen-bond acceptors (Lipinski definition) is 4. The Hall–Kier alpha value is -4.52. The summed E-state index contributed by atoms with van der Waals surface area (Å²) in [5.74, 6) is 1.39. The fourth-order valence-electron chi connectivity index (χ4n) is 5.38. The number of fused-ring (bicyclic) bond motifs is 1. The van der Waals surface area contributed by atoms with Crippen molar-refractivity contribution in [3.63, 3.8) is 0 Å². The zero-order valence-corrected chi connectivity index (χ0v) is 26.7. The zero-order chi connectivity index (χ0) is 29.4. The van der Waals surface area contributed by atoms with Gasteiger partial charge in [-0.1, -0.05) is 81.3 Å². The van der Waals surface area contributed by atoms with E-state index in [-0.39, 0.29) is 38.7 Å². The van der Waals surface area contributed by atoms with Gasteiger partial charge in [0.25, 0.3) is 0 Å². The van der Waals surface area contributed by atoms with Crippen LogP contribution in [0.4, 0.5) is 0 Å². The van der Waals surface area contributed by atoms with Gasteiger partial charge in [0, 0.05) is 44.2 Å². The maximum atomic E-state index is 11.6. The van der Waals surface area contributed by atoms with Crippen LogP contribution in [0.1, 0.15) is 56.2 Å². The van der Waals surface area contributed by atoms with Crippen LogP contribution in [0.2, 0.25) is 0 Å². The summed E-state index contributed by atoms with van der Waals surface area (Å²) in [6.45, 7) is 8.54. The largest absolute Gasteiger partial charge is 0.507 e. The minimum atomic E-state index is 0. The first kappa shape index (κ1) is 30.0. The van der Waals surface area contributed by atoms with Gasteiger partial charge in [-0.15, -0.1) is 29.8 Å². The minimum Gasteiger partial charge on any atom is -0.507 e. The van der Waals surface area contributed by atoms with Crippen LogP contribution in [-0.4, -0.2) is 19.6 Å². The van der Waals surface area contributed by atoms with Crippen LogP contribution in [0.25, 0.3) is 50.5 Å². The number of imidazole rings is 1. The first-order chi connectivity index (χ1) is 20.4. The molecule has 5 nitrogen and oxygen atoms in total. The molecule has 1 N–H and O–H groups in total. The van der Waals surface area contributed by atoms with Gasteiger partial charge < -0.3 is 5.11 Å². The van der Waals surface area contributed by atoms with Crippen molar-refractivity contribution in [1.82, 2.24) is 14.5 Å². The number of benzene rings is 4. The number of aromatic hydroxyl groups is 1. The van der Waals surface area contributed by atoms with E-state index in [2.05, 4.69) is 79.7 Å². The Morgan fingerprint density at radius 2 is 1.56 bits per heavy atom. The molecule has 4 aromatic carbocycles. The van der Waals surface area contributed by atoms with Gasteiger partial charge in [-0.25, -0.2) is 4.98 Å². The van der Waals surface area contributed by atoms with Crippen molar-refractivity contribution in [2.24, 2.45) is 0 Å². The van der Waals surface area contributed by atoms with Gasteiger partial charge in [-0.05, 0) is 53.3 Å². The van der Waals surface area contributed by atoms with Crippen LogP contribution < -0.4 is 0 Å². The van der Waals surface area contributed by atoms with Gasteiger partial charge in [-0.3, -0.25) is 9.55 Å². The Morgan fingerprint density at radius 3 is 2.28 bits per heavy atom. The summed E-state index contributed by atoms with van der Waals surface area (Å²) < 4.78 is 2.13. The number of hydrogen-bond donors (Lipinski definition) is 1. The van der Waals surface area contributed by atoms with Crippen molar-refractivity contribution in [1.29, 1.82) is 5.26 Å². The molecular formula is C37H31N4OPt-. The Bertz CT molecular complexity index is 1970. The molecule has 0 bridgehead atoms. The van der Waals surface area contributed by atoms with E-state index in [1.807, 2.05) is 48.5 Å². The van der Waals surface area contributed by atoms with E-state index in [9.17, 15) is 10.4 Å². The van der Waals surface area contributed by atoms with Crippen LogP contribution in [0.5, 0.6) is 5.75 Å². The predicted molar refractivity (Wildman–Crippen MR) is 169 cm³/mol. The van der Waals surface area contributed by atoms with E-state index in [1.54, 1.807) is 18.3 Å². The van der Waals surface area contributed by atoms with E-state index in [0.29, 0.717) is 22.6 Å². The fraction of sp³-hybridized carbons (Fsp3) is 0.162. The molecule has 6 aromatic rings. The van der Waals surface area contributed by atoms with Crippen molar-refractivity contribution in [2.45, 2.75) is 39.5 Å². The minimum absolute atomic E-state index is 0. The van der Waals surface area contributed by atoms with Crippen molar-refractivity contribution in [3.05, 3.63) is 120 Å². The molecule has 43 heavy (non-hydrogen) atoms. The summed E-state index contributed by atoms with van der Waals surface area (Å²) in [5.41, 5.74) is 9.32. The Kier molecular flexibility index (Phi) is 8.62. The number of phenolic OH excluding ortho intramolecular Hbond substituents is 1. The quantitative estimate of drug-likeness (QED) is 0.173. The number of para-hydroxylation sites is 2. The summed E-state index contributed by atoms with van der Waals surface area (Å²) in [6.07, 6.45) is 1.64. The van der Waals surface area contributed by atoms with Gasteiger partial charge in [0.1, 0.15) is 11.6 Å². The molecule has 0 saturated heterocycles. The van der Waals surface area contributed by atoms with Crippen LogP contribution in [0, 0.1) is 17.4 Å². The monoisotopic (exact) mass is 742 g/mol. The van der Waals surface area contributed by atoms with Crippen molar-refractivity contribution in [2.75, 3.05) is 0 Å². The van der Waals surface area contributed by atoms with Crippen LogP contribution in [0.15, 0.2) is 97.2 Å². The normalized spacial score (nSPS) is 11.1.